The van der Waals surface area contributed by atoms with Crippen LogP contribution in [0.25, 0.3) is 6.08 Å². The van der Waals surface area contributed by atoms with Gasteiger partial charge in [-0.05, 0) is 41.5 Å². The number of nitrogens with zero attached hydrogens (tertiary/aromatic N) is 1. The molecular formula is C19H19N3O3. The molecule has 0 bridgehead atoms. The standard InChI is InChI=1S/C19H19N3O3/c1-25-17-10-7-16(8-11-17)13-21-22-19(24)14-20-18(23)12-9-15-5-3-2-4-6-15/h2-13H,14H2,1H3,(H,20,23)(H,22,24). The van der Waals surface area contributed by atoms with Crippen LogP contribution in [0.4, 0.5) is 0 Å². The summed E-state index contributed by atoms with van der Waals surface area (Å²) >= 11 is 0. The maximum Gasteiger partial charge on any atom is 0.259 e. The van der Waals surface area contributed by atoms with Gasteiger partial charge in [-0.1, -0.05) is 30.3 Å². The van der Waals surface area contributed by atoms with E-state index in [9.17, 15) is 9.59 Å². The van der Waals surface area contributed by atoms with E-state index >= 15 is 0 Å². The number of methoxy groups -OCH3 is 1. The van der Waals surface area contributed by atoms with Gasteiger partial charge in [0.15, 0.2) is 0 Å². The maximum atomic E-state index is 11.6. The van der Waals surface area contributed by atoms with Crippen LogP contribution in [-0.4, -0.2) is 31.7 Å². The molecule has 0 aliphatic heterocycles. The summed E-state index contributed by atoms with van der Waals surface area (Å²) in [7, 11) is 1.59. The molecule has 2 aromatic rings. The summed E-state index contributed by atoms with van der Waals surface area (Å²) in [5.41, 5.74) is 4.07. The van der Waals surface area contributed by atoms with E-state index in [0.717, 1.165) is 16.9 Å². The van der Waals surface area contributed by atoms with Gasteiger partial charge in [-0.2, -0.15) is 5.10 Å². The molecule has 6 nitrogen and oxygen atoms in total. The lowest BCUT2D eigenvalue weighted by Gasteiger charge is -2.01. The maximum absolute atomic E-state index is 11.6. The van der Waals surface area contributed by atoms with Crippen LogP contribution in [0.2, 0.25) is 0 Å². The Balaban J connectivity index is 1.71. The predicted molar refractivity (Wildman–Crippen MR) is 97.2 cm³/mol. The van der Waals surface area contributed by atoms with Crippen LogP contribution < -0.4 is 15.5 Å². The Labute approximate surface area is 146 Å². The average Bonchev–Trinajstić information content (AvgIpc) is 2.66. The molecule has 0 aromatic heterocycles. The Morgan fingerprint density at radius 1 is 1.04 bits per heavy atom. The van der Waals surface area contributed by atoms with Crippen LogP contribution in [0.3, 0.4) is 0 Å². The van der Waals surface area contributed by atoms with E-state index in [-0.39, 0.29) is 12.5 Å². The fraction of sp³-hybridized carbons (Fsp3) is 0.105. The van der Waals surface area contributed by atoms with E-state index in [4.69, 9.17) is 4.74 Å². The van der Waals surface area contributed by atoms with Crippen LogP contribution in [0, 0.1) is 0 Å². The normalized spacial score (nSPS) is 10.8. The first-order chi connectivity index (χ1) is 12.2. The number of carbonyl (C=O) groups excluding carboxylic acids is 2. The zero-order valence-electron chi connectivity index (χ0n) is 13.8. The minimum atomic E-state index is -0.411. The highest BCUT2D eigenvalue weighted by Gasteiger charge is 2.01. The third-order valence-electron chi connectivity index (χ3n) is 3.17. The minimum absolute atomic E-state index is 0.155. The molecule has 2 amide bonds. The third-order valence-corrected chi connectivity index (χ3v) is 3.17. The van der Waals surface area contributed by atoms with E-state index in [2.05, 4.69) is 15.8 Å². The Morgan fingerprint density at radius 3 is 2.44 bits per heavy atom. The highest BCUT2D eigenvalue weighted by Crippen LogP contribution is 2.09. The quantitative estimate of drug-likeness (QED) is 0.460. The molecule has 2 rings (SSSR count). The number of ether oxygens (including phenoxy) is 1. The average molecular weight is 337 g/mol. The van der Waals surface area contributed by atoms with Crippen molar-refractivity contribution < 1.29 is 14.3 Å². The summed E-state index contributed by atoms with van der Waals surface area (Å²) in [6, 6.07) is 16.6. The molecule has 0 fully saturated rings. The summed E-state index contributed by atoms with van der Waals surface area (Å²) in [5, 5.41) is 6.32. The smallest absolute Gasteiger partial charge is 0.259 e. The van der Waals surface area contributed by atoms with Crippen molar-refractivity contribution in [3.8, 4) is 5.75 Å². The van der Waals surface area contributed by atoms with Crippen LogP contribution in [0.1, 0.15) is 11.1 Å². The van der Waals surface area contributed by atoms with Crippen LogP contribution in [-0.2, 0) is 9.59 Å². The van der Waals surface area contributed by atoms with Gasteiger partial charge in [0.05, 0.1) is 19.9 Å². The molecule has 0 aliphatic rings. The summed E-state index contributed by atoms with van der Waals surface area (Å²) in [5.74, 6) is -0.0168. The summed E-state index contributed by atoms with van der Waals surface area (Å²) in [6.45, 7) is -0.155. The predicted octanol–water partition coefficient (Wildman–Crippen LogP) is 1.97. The second-order valence-electron chi connectivity index (χ2n) is 5.03. The Hall–Kier alpha value is -3.41. The first-order valence-corrected chi connectivity index (χ1v) is 7.64. The SMILES string of the molecule is COc1ccc(C=NNC(=O)CNC(=O)C=Cc2ccccc2)cc1. The number of rotatable bonds is 7. The van der Waals surface area contributed by atoms with Gasteiger partial charge in [-0.25, -0.2) is 5.43 Å². The first-order valence-electron chi connectivity index (χ1n) is 7.64. The number of hydrogen-bond donors (Lipinski definition) is 2. The number of benzene rings is 2. The van der Waals surface area contributed by atoms with Crippen LogP contribution >= 0.6 is 0 Å². The zero-order valence-corrected chi connectivity index (χ0v) is 13.8. The fourth-order valence-electron chi connectivity index (χ4n) is 1.87. The number of hydrazone groups is 1. The van der Waals surface area contributed by atoms with Crippen molar-refractivity contribution in [2.24, 2.45) is 5.10 Å². The van der Waals surface area contributed by atoms with Gasteiger partial charge >= 0.3 is 0 Å². The van der Waals surface area contributed by atoms with Gasteiger partial charge in [0.25, 0.3) is 5.91 Å². The molecule has 0 saturated carbocycles. The van der Waals surface area contributed by atoms with Crippen molar-refractivity contribution >= 4 is 24.1 Å². The molecule has 6 heteroatoms. The summed E-state index contributed by atoms with van der Waals surface area (Å²) < 4.78 is 5.05. The lowest BCUT2D eigenvalue weighted by Crippen LogP contribution is -2.34. The van der Waals surface area contributed by atoms with E-state index in [1.54, 1.807) is 25.3 Å². The van der Waals surface area contributed by atoms with Crippen LogP contribution in [0.5, 0.6) is 5.75 Å². The van der Waals surface area contributed by atoms with Crippen LogP contribution in [0.15, 0.2) is 65.8 Å². The minimum Gasteiger partial charge on any atom is -0.497 e. The molecule has 0 unspecified atom stereocenters. The van der Waals surface area contributed by atoms with Gasteiger partial charge in [0.1, 0.15) is 5.75 Å². The van der Waals surface area contributed by atoms with Gasteiger partial charge in [-0.15, -0.1) is 0 Å². The van der Waals surface area contributed by atoms with Crippen molar-refractivity contribution in [2.45, 2.75) is 0 Å². The molecular weight excluding hydrogens is 318 g/mol. The molecule has 2 N–H and O–H groups in total. The lowest BCUT2D eigenvalue weighted by atomic mass is 10.2. The molecule has 0 atom stereocenters. The highest BCUT2D eigenvalue weighted by atomic mass is 16.5. The highest BCUT2D eigenvalue weighted by molar-refractivity contribution is 5.94. The molecule has 25 heavy (non-hydrogen) atoms. The molecule has 0 heterocycles. The second kappa shape index (κ2) is 9.67. The molecule has 0 aliphatic carbocycles. The van der Waals surface area contributed by atoms with E-state index < -0.39 is 5.91 Å². The van der Waals surface area contributed by atoms with E-state index in [0.29, 0.717) is 0 Å². The zero-order chi connectivity index (χ0) is 17.9. The number of amides is 2. The monoisotopic (exact) mass is 337 g/mol. The number of nitrogens with one attached hydrogen (secondary N) is 2. The molecule has 2 aromatic carbocycles. The summed E-state index contributed by atoms with van der Waals surface area (Å²) in [6.07, 6.45) is 4.56. The third kappa shape index (κ3) is 6.70. The first kappa shape index (κ1) is 17.9. The second-order valence-corrected chi connectivity index (χ2v) is 5.03. The van der Waals surface area contributed by atoms with Crippen molar-refractivity contribution in [3.05, 3.63) is 71.8 Å². The molecule has 0 spiro atoms. The Kier molecular flexibility index (Phi) is 6.94. The largest absolute Gasteiger partial charge is 0.497 e. The van der Waals surface area contributed by atoms with Gasteiger partial charge < -0.3 is 10.1 Å². The lowest BCUT2D eigenvalue weighted by molar-refractivity contribution is -0.123. The molecule has 0 saturated heterocycles. The van der Waals surface area contributed by atoms with E-state index in [1.807, 2.05) is 42.5 Å². The van der Waals surface area contributed by atoms with E-state index in [1.165, 1.54) is 12.3 Å². The topological polar surface area (TPSA) is 79.8 Å². The number of carbonyl (C=O) groups is 2. The summed E-state index contributed by atoms with van der Waals surface area (Å²) in [4.78, 5) is 23.3. The van der Waals surface area contributed by atoms with Crippen molar-refractivity contribution in [3.63, 3.8) is 0 Å². The molecule has 0 radical (unpaired) electrons. The molecule has 128 valence electrons. The van der Waals surface area contributed by atoms with Crippen molar-refractivity contribution in [1.82, 2.24) is 10.7 Å². The Morgan fingerprint density at radius 2 is 1.76 bits per heavy atom. The van der Waals surface area contributed by atoms with Crippen molar-refractivity contribution in [1.29, 1.82) is 0 Å². The van der Waals surface area contributed by atoms with Crippen molar-refractivity contribution in [2.75, 3.05) is 13.7 Å². The number of hydrogen-bond acceptors (Lipinski definition) is 4. The van der Waals surface area contributed by atoms with Gasteiger partial charge in [0, 0.05) is 6.08 Å². The fourth-order valence-corrected chi connectivity index (χ4v) is 1.87. The van der Waals surface area contributed by atoms with Gasteiger partial charge in [0.2, 0.25) is 5.91 Å². The Bertz CT molecular complexity index is 753. The van der Waals surface area contributed by atoms with Gasteiger partial charge in [-0.3, -0.25) is 9.59 Å².